The number of esters is 1. The fourth-order valence-electron chi connectivity index (χ4n) is 2.57. The molecule has 3 rings (SSSR count). The molecule has 0 aliphatic carbocycles. The minimum Gasteiger partial charge on any atom is -0.465 e. The zero-order chi connectivity index (χ0) is 18.0. The molecule has 0 fully saturated rings. The second kappa shape index (κ2) is 7.03. The summed E-state index contributed by atoms with van der Waals surface area (Å²) in [6.45, 7) is 3.84. The third-order valence-corrected chi connectivity index (χ3v) is 5.18. The number of methoxy groups -OCH3 is 1. The summed E-state index contributed by atoms with van der Waals surface area (Å²) >= 11 is 1.17. The Balaban J connectivity index is 1.98. The number of nitrogens with one attached hydrogen (secondary N) is 1. The smallest absolute Gasteiger partial charge is 0.348 e. The standard InChI is InChI=1S/C19H18N2O3S/c1-4-12-5-7-13(8-6-12)9-10-14-20-17(22)15-11(2)16(19(23)24-3)25-18(15)21-14/h5-10H,4H2,1-3H3,(H,20,21,22)/b10-9+. The van der Waals surface area contributed by atoms with Gasteiger partial charge in [0, 0.05) is 0 Å². The van der Waals surface area contributed by atoms with Crippen molar-refractivity contribution >= 4 is 39.7 Å². The average Bonchev–Trinajstić information content (AvgIpc) is 2.96. The molecule has 2 heterocycles. The summed E-state index contributed by atoms with van der Waals surface area (Å²) in [5, 5.41) is 0.440. The number of nitrogens with zero attached hydrogens (tertiary/aromatic N) is 1. The number of thiophene rings is 1. The van der Waals surface area contributed by atoms with E-state index in [0.717, 1.165) is 12.0 Å². The average molecular weight is 354 g/mol. The summed E-state index contributed by atoms with van der Waals surface area (Å²) < 4.78 is 4.76. The summed E-state index contributed by atoms with van der Waals surface area (Å²) in [5.74, 6) is 0.00254. The lowest BCUT2D eigenvalue weighted by Gasteiger charge is -1.98. The van der Waals surface area contributed by atoms with Crippen LogP contribution in [0.3, 0.4) is 0 Å². The minimum atomic E-state index is -0.451. The van der Waals surface area contributed by atoms with Gasteiger partial charge in [-0.2, -0.15) is 0 Å². The predicted octanol–water partition coefficient (Wildman–Crippen LogP) is 3.81. The van der Waals surface area contributed by atoms with Crippen LogP contribution in [-0.2, 0) is 11.2 Å². The van der Waals surface area contributed by atoms with Crippen molar-refractivity contribution in [2.75, 3.05) is 7.11 Å². The number of aromatic amines is 1. The normalized spacial score (nSPS) is 11.3. The summed E-state index contributed by atoms with van der Waals surface area (Å²) in [4.78, 5) is 32.3. The second-order valence-electron chi connectivity index (χ2n) is 5.61. The number of carbonyl (C=O) groups excluding carboxylic acids is 1. The molecule has 0 aliphatic heterocycles. The van der Waals surface area contributed by atoms with Gasteiger partial charge >= 0.3 is 5.97 Å². The van der Waals surface area contributed by atoms with Crippen LogP contribution in [0.15, 0.2) is 29.1 Å². The van der Waals surface area contributed by atoms with Gasteiger partial charge in [0.05, 0.1) is 12.5 Å². The van der Waals surface area contributed by atoms with E-state index >= 15 is 0 Å². The number of H-pyrrole nitrogens is 1. The van der Waals surface area contributed by atoms with Crippen molar-refractivity contribution in [2.24, 2.45) is 0 Å². The van der Waals surface area contributed by atoms with Crippen LogP contribution in [0.2, 0.25) is 0 Å². The summed E-state index contributed by atoms with van der Waals surface area (Å²) in [6.07, 6.45) is 4.65. The topological polar surface area (TPSA) is 72.0 Å². The van der Waals surface area contributed by atoms with E-state index in [2.05, 4.69) is 29.0 Å². The SMILES string of the molecule is CCc1ccc(/C=C/c2nc3sc(C(=O)OC)c(C)c3c(=O)[nH]2)cc1. The third-order valence-electron chi connectivity index (χ3n) is 4.01. The van der Waals surface area contributed by atoms with Crippen molar-refractivity contribution in [3.8, 4) is 0 Å². The lowest BCUT2D eigenvalue weighted by Crippen LogP contribution is -2.09. The molecule has 0 saturated heterocycles. The van der Waals surface area contributed by atoms with Crippen molar-refractivity contribution in [2.45, 2.75) is 20.3 Å². The maximum atomic E-state index is 12.4. The van der Waals surface area contributed by atoms with E-state index in [9.17, 15) is 9.59 Å². The molecular weight excluding hydrogens is 336 g/mol. The molecule has 0 spiro atoms. The highest BCUT2D eigenvalue weighted by molar-refractivity contribution is 7.20. The van der Waals surface area contributed by atoms with Crippen LogP contribution in [0, 0.1) is 6.92 Å². The maximum Gasteiger partial charge on any atom is 0.348 e. The highest BCUT2D eigenvalue weighted by atomic mass is 32.1. The Hall–Kier alpha value is -2.73. The first-order valence-electron chi connectivity index (χ1n) is 7.92. The Kier molecular flexibility index (Phi) is 4.81. The van der Waals surface area contributed by atoms with Gasteiger partial charge in [-0.25, -0.2) is 9.78 Å². The fourth-order valence-corrected chi connectivity index (χ4v) is 3.67. The largest absolute Gasteiger partial charge is 0.465 e. The number of fused-ring (bicyclic) bond motifs is 1. The van der Waals surface area contributed by atoms with Gasteiger partial charge in [0.1, 0.15) is 15.5 Å². The second-order valence-corrected chi connectivity index (χ2v) is 6.61. The number of aryl methyl sites for hydroxylation is 2. The van der Waals surface area contributed by atoms with Crippen molar-refractivity contribution in [1.29, 1.82) is 0 Å². The van der Waals surface area contributed by atoms with Gasteiger partial charge < -0.3 is 9.72 Å². The first kappa shape index (κ1) is 17.1. The summed E-state index contributed by atoms with van der Waals surface area (Å²) in [5.41, 5.74) is 2.65. The number of aromatic nitrogens is 2. The highest BCUT2D eigenvalue weighted by Gasteiger charge is 2.19. The summed E-state index contributed by atoms with van der Waals surface area (Å²) in [7, 11) is 1.32. The Morgan fingerprint density at radius 1 is 1.28 bits per heavy atom. The molecule has 0 saturated carbocycles. The van der Waals surface area contributed by atoms with Crippen molar-refractivity contribution in [3.05, 3.63) is 62.0 Å². The van der Waals surface area contributed by atoms with E-state index in [1.165, 1.54) is 24.0 Å². The van der Waals surface area contributed by atoms with Crippen LogP contribution in [0.5, 0.6) is 0 Å². The molecule has 0 aliphatic rings. The lowest BCUT2D eigenvalue weighted by molar-refractivity contribution is 0.0605. The van der Waals surface area contributed by atoms with Crippen molar-refractivity contribution < 1.29 is 9.53 Å². The van der Waals surface area contributed by atoms with E-state index in [1.54, 1.807) is 13.0 Å². The monoisotopic (exact) mass is 354 g/mol. The molecule has 0 amide bonds. The number of benzene rings is 1. The summed E-state index contributed by atoms with van der Waals surface area (Å²) in [6, 6.07) is 8.20. The Morgan fingerprint density at radius 2 is 2.00 bits per heavy atom. The van der Waals surface area contributed by atoms with Crippen LogP contribution in [0.1, 0.15) is 39.1 Å². The van der Waals surface area contributed by atoms with Crippen LogP contribution in [0.25, 0.3) is 22.4 Å². The van der Waals surface area contributed by atoms with Crippen molar-refractivity contribution in [3.63, 3.8) is 0 Å². The van der Waals surface area contributed by atoms with E-state index in [1.807, 2.05) is 18.2 Å². The molecule has 1 aromatic carbocycles. The minimum absolute atomic E-state index is 0.255. The molecular formula is C19H18N2O3S. The first-order valence-corrected chi connectivity index (χ1v) is 8.74. The number of ether oxygens (including phenoxy) is 1. The molecule has 0 atom stereocenters. The lowest BCUT2D eigenvalue weighted by atomic mass is 10.1. The van der Waals surface area contributed by atoms with E-state index in [4.69, 9.17) is 4.74 Å². The van der Waals surface area contributed by atoms with Gasteiger partial charge in [0.2, 0.25) is 0 Å². The molecule has 128 valence electrons. The third kappa shape index (κ3) is 3.39. The Labute approximate surface area is 149 Å². The van der Waals surface area contributed by atoms with Crippen LogP contribution in [0.4, 0.5) is 0 Å². The maximum absolute atomic E-state index is 12.4. The Bertz CT molecular complexity index is 1010. The van der Waals surface area contributed by atoms with Crippen LogP contribution < -0.4 is 5.56 Å². The number of hydrogen-bond donors (Lipinski definition) is 1. The Morgan fingerprint density at radius 3 is 2.64 bits per heavy atom. The van der Waals surface area contributed by atoms with Gasteiger partial charge in [-0.1, -0.05) is 37.3 Å². The molecule has 1 N–H and O–H groups in total. The van der Waals surface area contributed by atoms with Crippen molar-refractivity contribution in [1.82, 2.24) is 9.97 Å². The number of carbonyl (C=O) groups is 1. The molecule has 5 nitrogen and oxygen atoms in total. The zero-order valence-electron chi connectivity index (χ0n) is 14.3. The molecule has 2 aromatic heterocycles. The van der Waals surface area contributed by atoms with E-state index in [-0.39, 0.29) is 5.56 Å². The molecule has 25 heavy (non-hydrogen) atoms. The molecule has 0 radical (unpaired) electrons. The fraction of sp³-hybridized carbons (Fsp3) is 0.211. The van der Waals surface area contributed by atoms with Crippen LogP contribution >= 0.6 is 11.3 Å². The van der Waals surface area contributed by atoms with Gasteiger partial charge in [-0.15, -0.1) is 11.3 Å². The predicted molar refractivity (Wildman–Crippen MR) is 101 cm³/mol. The number of hydrogen-bond acceptors (Lipinski definition) is 5. The zero-order valence-corrected chi connectivity index (χ0v) is 15.1. The molecule has 0 bridgehead atoms. The first-order chi connectivity index (χ1) is 12.0. The number of rotatable bonds is 4. The highest BCUT2D eigenvalue weighted by Crippen LogP contribution is 2.27. The van der Waals surface area contributed by atoms with Gasteiger partial charge in [0.15, 0.2) is 0 Å². The quantitative estimate of drug-likeness (QED) is 0.723. The van der Waals surface area contributed by atoms with Crippen LogP contribution in [-0.4, -0.2) is 23.0 Å². The molecule has 3 aromatic rings. The van der Waals surface area contributed by atoms with Gasteiger partial charge in [0.25, 0.3) is 5.56 Å². The van der Waals surface area contributed by atoms with E-state index < -0.39 is 5.97 Å². The molecule has 6 heteroatoms. The van der Waals surface area contributed by atoms with Gasteiger partial charge in [-0.05, 0) is 36.1 Å². The molecule has 0 unspecified atom stereocenters. The van der Waals surface area contributed by atoms with E-state index in [0.29, 0.717) is 26.5 Å². The van der Waals surface area contributed by atoms with Gasteiger partial charge in [-0.3, -0.25) is 4.79 Å².